The largest absolute Gasteiger partial charge is 0.372 e. The highest BCUT2D eigenvalue weighted by atomic mass is 16.2. The van der Waals surface area contributed by atoms with Crippen LogP contribution in [-0.2, 0) is 12.8 Å². The molecule has 0 radical (unpaired) electrons. The van der Waals surface area contributed by atoms with Crippen molar-refractivity contribution in [1.29, 1.82) is 0 Å². The maximum absolute atomic E-state index is 12.5. The Kier molecular flexibility index (Phi) is 4.56. The number of unbranched alkanes of at least 4 members (excludes halogenated alkanes) is 1. The molecule has 23 heavy (non-hydrogen) atoms. The predicted octanol–water partition coefficient (Wildman–Crippen LogP) is 2.32. The maximum Gasteiger partial charge on any atom is 0.372 e. The van der Waals surface area contributed by atoms with Crippen LogP contribution in [0, 0.1) is 0 Å². The van der Waals surface area contributed by atoms with E-state index >= 15 is 0 Å². The van der Waals surface area contributed by atoms with E-state index in [9.17, 15) is 4.79 Å². The molecule has 0 bridgehead atoms. The fourth-order valence-corrected chi connectivity index (χ4v) is 2.30. The quantitative estimate of drug-likeness (QED) is 0.722. The Morgan fingerprint density at radius 3 is 2.74 bits per heavy atom. The van der Waals surface area contributed by atoms with E-state index in [1.54, 1.807) is 0 Å². The van der Waals surface area contributed by atoms with Gasteiger partial charge in [0.05, 0.1) is 0 Å². The van der Waals surface area contributed by atoms with Crippen LogP contribution in [0.15, 0.2) is 43.0 Å². The summed E-state index contributed by atoms with van der Waals surface area (Å²) in [4.78, 5) is 20.8. The van der Waals surface area contributed by atoms with Crippen molar-refractivity contribution in [3.63, 3.8) is 0 Å². The molecule has 0 N–H and O–H groups in total. The average molecular weight is 310 g/mol. The standard InChI is InChI=1S/C16H18N6O/c1-2-3-9-15-19-14(10-13-7-5-4-6-8-13)20-22(15)16(23)21-12-17-11-18-21/h4-8,11-12H,2-3,9-10H2,1H3. The number of hydrogen-bond donors (Lipinski definition) is 0. The number of carbonyl (C=O) groups excluding carboxylic acids is 1. The SMILES string of the molecule is CCCCc1nc(Cc2ccccc2)nn1C(=O)n1cncn1. The second-order valence-corrected chi connectivity index (χ2v) is 5.24. The van der Waals surface area contributed by atoms with Crippen LogP contribution in [0.1, 0.15) is 37.0 Å². The summed E-state index contributed by atoms with van der Waals surface area (Å²) in [6.07, 6.45) is 5.97. The molecule has 0 atom stereocenters. The van der Waals surface area contributed by atoms with E-state index in [0.29, 0.717) is 24.5 Å². The number of hydrogen-bond acceptors (Lipinski definition) is 5. The van der Waals surface area contributed by atoms with E-state index in [1.165, 1.54) is 17.3 Å². The van der Waals surface area contributed by atoms with Gasteiger partial charge >= 0.3 is 6.03 Å². The van der Waals surface area contributed by atoms with Gasteiger partial charge in [-0.05, 0) is 12.0 Å². The third-order valence-electron chi connectivity index (χ3n) is 3.47. The molecule has 7 heteroatoms. The van der Waals surface area contributed by atoms with E-state index in [1.807, 2.05) is 30.3 Å². The number of nitrogens with zero attached hydrogens (tertiary/aromatic N) is 6. The molecule has 0 amide bonds. The van der Waals surface area contributed by atoms with E-state index in [2.05, 4.69) is 27.1 Å². The van der Waals surface area contributed by atoms with E-state index < -0.39 is 0 Å². The summed E-state index contributed by atoms with van der Waals surface area (Å²) in [5, 5.41) is 8.26. The van der Waals surface area contributed by atoms with Crippen molar-refractivity contribution in [2.45, 2.75) is 32.6 Å². The van der Waals surface area contributed by atoms with Gasteiger partial charge in [0.2, 0.25) is 0 Å². The number of aryl methyl sites for hydroxylation is 1. The average Bonchev–Trinajstić information content (AvgIpc) is 3.23. The van der Waals surface area contributed by atoms with Crippen molar-refractivity contribution >= 4 is 6.03 Å². The molecule has 0 aliphatic carbocycles. The van der Waals surface area contributed by atoms with Crippen LogP contribution in [0.5, 0.6) is 0 Å². The van der Waals surface area contributed by atoms with Crippen LogP contribution in [0.3, 0.4) is 0 Å². The van der Waals surface area contributed by atoms with Crippen molar-refractivity contribution < 1.29 is 4.79 Å². The fraction of sp³-hybridized carbons (Fsp3) is 0.312. The van der Waals surface area contributed by atoms with E-state index in [-0.39, 0.29) is 6.03 Å². The molecule has 0 fully saturated rings. The normalized spacial score (nSPS) is 10.8. The first-order chi connectivity index (χ1) is 11.3. The van der Waals surface area contributed by atoms with Crippen LogP contribution in [0.25, 0.3) is 0 Å². The molecular weight excluding hydrogens is 292 g/mol. The number of carbonyl (C=O) groups is 1. The highest BCUT2D eigenvalue weighted by molar-refractivity contribution is 5.77. The molecular formula is C16H18N6O. The predicted molar refractivity (Wildman–Crippen MR) is 84.1 cm³/mol. The molecule has 0 saturated heterocycles. The van der Waals surface area contributed by atoms with Gasteiger partial charge in [0.1, 0.15) is 18.5 Å². The zero-order valence-electron chi connectivity index (χ0n) is 13.0. The summed E-state index contributed by atoms with van der Waals surface area (Å²) in [5.41, 5.74) is 1.11. The third-order valence-corrected chi connectivity index (χ3v) is 3.47. The Morgan fingerprint density at radius 2 is 2.04 bits per heavy atom. The van der Waals surface area contributed by atoms with Crippen LogP contribution < -0.4 is 0 Å². The van der Waals surface area contributed by atoms with Gasteiger partial charge in [-0.2, -0.15) is 14.5 Å². The zero-order valence-corrected chi connectivity index (χ0v) is 13.0. The molecule has 1 aromatic carbocycles. The molecule has 0 saturated carbocycles. The molecule has 0 unspecified atom stereocenters. The molecule has 3 aromatic rings. The summed E-state index contributed by atoms with van der Waals surface area (Å²) in [5.74, 6) is 1.30. The zero-order chi connectivity index (χ0) is 16.1. The van der Waals surface area contributed by atoms with E-state index in [0.717, 1.165) is 23.1 Å². The van der Waals surface area contributed by atoms with Gasteiger partial charge < -0.3 is 0 Å². The third kappa shape index (κ3) is 3.50. The maximum atomic E-state index is 12.5. The first kappa shape index (κ1) is 15.1. The number of benzene rings is 1. The topological polar surface area (TPSA) is 78.5 Å². The second-order valence-electron chi connectivity index (χ2n) is 5.24. The minimum atomic E-state index is -0.361. The minimum absolute atomic E-state index is 0.361. The van der Waals surface area contributed by atoms with Crippen molar-refractivity contribution in [3.8, 4) is 0 Å². The summed E-state index contributed by atoms with van der Waals surface area (Å²) in [6.45, 7) is 2.10. The Morgan fingerprint density at radius 1 is 1.22 bits per heavy atom. The lowest BCUT2D eigenvalue weighted by molar-refractivity contribution is 0.237. The minimum Gasteiger partial charge on any atom is -0.243 e. The molecule has 2 heterocycles. The highest BCUT2D eigenvalue weighted by Crippen LogP contribution is 2.09. The summed E-state index contributed by atoms with van der Waals surface area (Å²) >= 11 is 0. The fourth-order valence-electron chi connectivity index (χ4n) is 2.30. The highest BCUT2D eigenvalue weighted by Gasteiger charge is 2.18. The molecule has 0 aliphatic rings. The van der Waals surface area contributed by atoms with Crippen LogP contribution in [0.2, 0.25) is 0 Å². The van der Waals surface area contributed by atoms with Gasteiger partial charge in [-0.25, -0.2) is 14.8 Å². The molecule has 118 valence electrons. The van der Waals surface area contributed by atoms with Crippen LogP contribution >= 0.6 is 0 Å². The Balaban J connectivity index is 1.89. The van der Waals surface area contributed by atoms with Crippen molar-refractivity contribution in [1.82, 2.24) is 29.5 Å². The van der Waals surface area contributed by atoms with Crippen molar-refractivity contribution in [3.05, 3.63) is 60.2 Å². The molecule has 3 rings (SSSR count). The van der Waals surface area contributed by atoms with Crippen molar-refractivity contribution in [2.24, 2.45) is 0 Å². The molecule has 2 aromatic heterocycles. The van der Waals surface area contributed by atoms with Gasteiger partial charge in [-0.1, -0.05) is 43.7 Å². The van der Waals surface area contributed by atoms with Crippen LogP contribution in [0.4, 0.5) is 4.79 Å². The lowest BCUT2D eigenvalue weighted by atomic mass is 10.1. The number of aromatic nitrogens is 6. The first-order valence-electron chi connectivity index (χ1n) is 7.66. The van der Waals surface area contributed by atoms with E-state index in [4.69, 9.17) is 0 Å². The number of rotatable bonds is 5. The lowest BCUT2D eigenvalue weighted by Crippen LogP contribution is -2.23. The summed E-state index contributed by atoms with van der Waals surface area (Å²) < 4.78 is 2.50. The summed E-state index contributed by atoms with van der Waals surface area (Å²) in [6, 6.07) is 9.60. The second kappa shape index (κ2) is 6.95. The Bertz CT molecular complexity index is 763. The van der Waals surface area contributed by atoms with Crippen LogP contribution in [-0.4, -0.2) is 35.6 Å². The smallest absolute Gasteiger partial charge is 0.243 e. The van der Waals surface area contributed by atoms with Gasteiger partial charge in [0, 0.05) is 12.8 Å². The molecule has 0 aliphatic heterocycles. The van der Waals surface area contributed by atoms with Crippen molar-refractivity contribution in [2.75, 3.05) is 0 Å². The molecule has 7 nitrogen and oxygen atoms in total. The lowest BCUT2D eigenvalue weighted by Gasteiger charge is -2.02. The summed E-state index contributed by atoms with van der Waals surface area (Å²) in [7, 11) is 0. The first-order valence-corrected chi connectivity index (χ1v) is 7.66. The van der Waals surface area contributed by atoms with Gasteiger partial charge in [0.15, 0.2) is 5.82 Å². The molecule has 0 spiro atoms. The van der Waals surface area contributed by atoms with Gasteiger partial charge in [0.25, 0.3) is 0 Å². The Hall–Kier alpha value is -2.83. The monoisotopic (exact) mass is 310 g/mol. The van der Waals surface area contributed by atoms with Gasteiger partial charge in [-0.15, -0.1) is 5.10 Å². The Labute approximate surface area is 134 Å². The van der Waals surface area contributed by atoms with Gasteiger partial charge in [-0.3, -0.25) is 0 Å².